The lowest BCUT2D eigenvalue weighted by Crippen LogP contribution is -2.34. The van der Waals surface area contributed by atoms with Crippen LogP contribution in [0.15, 0.2) is 11.6 Å². The van der Waals surface area contributed by atoms with E-state index < -0.39 is 5.97 Å². The van der Waals surface area contributed by atoms with Crippen molar-refractivity contribution in [3.05, 3.63) is 11.6 Å². The van der Waals surface area contributed by atoms with E-state index in [0.29, 0.717) is 6.04 Å². The van der Waals surface area contributed by atoms with Gasteiger partial charge in [-0.15, -0.1) is 0 Å². The molecule has 0 heterocycles. The molecule has 1 N–H and O–H groups in total. The van der Waals surface area contributed by atoms with Crippen LogP contribution in [0.2, 0.25) is 0 Å². The Hall–Kier alpha value is -0.830. The van der Waals surface area contributed by atoms with Gasteiger partial charge in [-0.2, -0.15) is 0 Å². The van der Waals surface area contributed by atoms with Crippen molar-refractivity contribution < 1.29 is 9.90 Å². The topological polar surface area (TPSA) is 40.5 Å². The quantitative estimate of drug-likeness (QED) is 0.684. The molecule has 1 saturated carbocycles. The fraction of sp³-hybridized carbons (Fsp3) is 0.750. The second-order valence-corrected chi connectivity index (χ2v) is 4.80. The molecule has 0 bridgehead atoms. The van der Waals surface area contributed by atoms with E-state index in [9.17, 15) is 4.79 Å². The molecule has 1 aliphatic carbocycles. The SMILES string of the molecule is CC(=CC(=O)O)CN(CC1CC1)C(C)C. The predicted octanol–water partition coefficient (Wildman–Crippen LogP) is 2.14. The zero-order valence-corrected chi connectivity index (χ0v) is 9.86. The average Bonchev–Trinajstić information content (AvgIpc) is 2.85. The van der Waals surface area contributed by atoms with Crippen molar-refractivity contribution in [3.63, 3.8) is 0 Å². The van der Waals surface area contributed by atoms with E-state index in [-0.39, 0.29) is 0 Å². The minimum Gasteiger partial charge on any atom is -0.478 e. The second-order valence-electron chi connectivity index (χ2n) is 4.80. The van der Waals surface area contributed by atoms with E-state index in [1.807, 2.05) is 6.92 Å². The van der Waals surface area contributed by atoms with Gasteiger partial charge in [-0.25, -0.2) is 4.79 Å². The van der Waals surface area contributed by atoms with Gasteiger partial charge in [-0.3, -0.25) is 4.90 Å². The third kappa shape index (κ3) is 4.98. The summed E-state index contributed by atoms with van der Waals surface area (Å²) in [6, 6.07) is 0.489. The maximum atomic E-state index is 10.5. The molecule has 86 valence electrons. The Morgan fingerprint density at radius 2 is 2.13 bits per heavy atom. The molecule has 0 amide bonds. The lowest BCUT2D eigenvalue weighted by Gasteiger charge is -2.26. The summed E-state index contributed by atoms with van der Waals surface area (Å²) < 4.78 is 0. The van der Waals surface area contributed by atoms with Crippen molar-refractivity contribution in [1.29, 1.82) is 0 Å². The van der Waals surface area contributed by atoms with Gasteiger partial charge in [0, 0.05) is 25.2 Å². The van der Waals surface area contributed by atoms with Crippen LogP contribution in [0.4, 0.5) is 0 Å². The summed E-state index contributed by atoms with van der Waals surface area (Å²) >= 11 is 0. The maximum absolute atomic E-state index is 10.5. The normalized spacial score (nSPS) is 17.5. The van der Waals surface area contributed by atoms with Gasteiger partial charge in [0.1, 0.15) is 0 Å². The van der Waals surface area contributed by atoms with E-state index >= 15 is 0 Å². The van der Waals surface area contributed by atoms with Gasteiger partial charge in [0.05, 0.1) is 0 Å². The number of rotatable bonds is 6. The molecular weight excluding hydrogens is 190 g/mol. The lowest BCUT2D eigenvalue weighted by molar-refractivity contribution is -0.131. The van der Waals surface area contributed by atoms with Crippen LogP contribution in [0, 0.1) is 5.92 Å². The number of carboxylic acids is 1. The second kappa shape index (κ2) is 5.31. The van der Waals surface area contributed by atoms with Crippen LogP contribution in [0.1, 0.15) is 33.6 Å². The summed E-state index contributed by atoms with van der Waals surface area (Å²) in [5.41, 5.74) is 0.928. The smallest absolute Gasteiger partial charge is 0.328 e. The molecule has 0 aromatic heterocycles. The van der Waals surface area contributed by atoms with Crippen LogP contribution in [0.25, 0.3) is 0 Å². The Bertz CT molecular complexity index is 254. The fourth-order valence-corrected chi connectivity index (χ4v) is 1.67. The third-order valence-corrected chi connectivity index (χ3v) is 2.74. The molecule has 0 saturated heterocycles. The highest BCUT2D eigenvalue weighted by atomic mass is 16.4. The van der Waals surface area contributed by atoms with E-state index in [2.05, 4.69) is 18.7 Å². The zero-order valence-electron chi connectivity index (χ0n) is 9.86. The molecular formula is C12H21NO2. The molecule has 0 spiro atoms. The monoisotopic (exact) mass is 211 g/mol. The van der Waals surface area contributed by atoms with E-state index in [4.69, 9.17) is 5.11 Å². The van der Waals surface area contributed by atoms with Gasteiger partial charge < -0.3 is 5.11 Å². The number of carboxylic acid groups (broad SMARTS) is 1. The van der Waals surface area contributed by atoms with E-state index in [1.165, 1.54) is 18.9 Å². The number of carbonyl (C=O) groups is 1. The lowest BCUT2D eigenvalue weighted by atomic mass is 10.2. The summed E-state index contributed by atoms with van der Waals surface area (Å²) in [5.74, 6) is 0.00709. The van der Waals surface area contributed by atoms with Gasteiger partial charge in [-0.1, -0.05) is 5.57 Å². The van der Waals surface area contributed by atoms with Gasteiger partial charge >= 0.3 is 5.97 Å². The fourth-order valence-electron chi connectivity index (χ4n) is 1.67. The first-order valence-electron chi connectivity index (χ1n) is 5.63. The molecule has 3 nitrogen and oxygen atoms in total. The Morgan fingerprint density at radius 1 is 1.53 bits per heavy atom. The first-order valence-corrected chi connectivity index (χ1v) is 5.63. The highest BCUT2D eigenvalue weighted by Crippen LogP contribution is 2.30. The summed E-state index contributed by atoms with van der Waals surface area (Å²) in [5, 5.41) is 8.63. The highest BCUT2D eigenvalue weighted by Gasteiger charge is 2.25. The highest BCUT2D eigenvalue weighted by molar-refractivity contribution is 5.80. The van der Waals surface area contributed by atoms with Crippen molar-refractivity contribution in [2.75, 3.05) is 13.1 Å². The number of aliphatic carboxylic acids is 1. The van der Waals surface area contributed by atoms with Crippen molar-refractivity contribution in [1.82, 2.24) is 4.90 Å². The maximum Gasteiger partial charge on any atom is 0.328 e. The van der Waals surface area contributed by atoms with E-state index in [0.717, 1.165) is 24.6 Å². The summed E-state index contributed by atoms with van der Waals surface area (Å²) in [6.07, 6.45) is 3.98. The first kappa shape index (κ1) is 12.2. The molecule has 0 atom stereocenters. The molecule has 0 unspecified atom stereocenters. The molecule has 3 heteroatoms. The van der Waals surface area contributed by atoms with Crippen LogP contribution >= 0.6 is 0 Å². The number of nitrogens with zero attached hydrogens (tertiary/aromatic N) is 1. The molecule has 0 radical (unpaired) electrons. The first-order chi connectivity index (χ1) is 6.99. The molecule has 1 fully saturated rings. The summed E-state index contributed by atoms with van der Waals surface area (Å²) in [4.78, 5) is 12.9. The van der Waals surface area contributed by atoms with Crippen molar-refractivity contribution in [2.45, 2.75) is 39.7 Å². The van der Waals surface area contributed by atoms with Crippen LogP contribution in [0.5, 0.6) is 0 Å². The predicted molar refractivity (Wildman–Crippen MR) is 60.8 cm³/mol. The van der Waals surface area contributed by atoms with Crippen LogP contribution in [-0.4, -0.2) is 35.1 Å². The molecule has 0 aliphatic heterocycles. The molecule has 15 heavy (non-hydrogen) atoms. The van der Waals surface area contributed by atoms with Crippen molar-refractivity contribution in [2.24, 2.45) is 5.92 Å². The third-order valence-electron chi connectivity index (χ3n) is 2.74. The number of hydrogen-bond acceptors (Lipinski definition) is 2. The average molecular weight is 211 g/mol. The minimum atomic E-state index is -0.845. The molecule has 1 rings (SSSR count). The summed E-state index contributed by atoms with van der Waals surface area (Å²) in [6.45, 7) is 8.10. The summed E-state index contributed by atoms with van der Waals surface area (Å²) in [7, 11) is 0. The Morgan fingerprint density at radius 3 is 2.53 bits per heavy atom. The Balaban J connectivity index is 2.45. The van der Waals surface area contributed by atoms with Crippen molar-refractivity contribution in [3.8, 4) is 0 Å². The Labute approximate surface area is 91.8 Å². The molecule has 0 aromatic rings. The van der Waals surface area contributed by atoms with E-state index in [1.54, 1.807) is 0 Å². The standard InChI is InChI=1S/C12H21NO2/c1-9(2)13(8-11-4-5-11)7-10(3)6-12(14)15/h6,9,11H,4-5,7-8H2,1-3H3,(H,14,15). The largest absolute Gasteiger partial charge is 0.478 e. The number of hydrogen-bond donors (Lipinski definition) is 1. The van der Waals surface area contributed by atoms with Gasteiger partial charge in [0.2, 0.25) is 0 Å². The minimum absolute atomic E-state index is 0.489. The zero-order chi connectivity index (χ0) is 11.4. The van der Waals surface area contributed by atoms with Crippen LogP contribution in [-0.2, 0) is 4.79 Å². The van der Waals surface area contributed by atoms with Crippen LogP contribution < -0.4 is 0 Å². The van der Waals surface area contributed by atoms with Gasteiger partial charge in [0.25, 0.3) is 0 Å². The van der Waals surface area contributed by atoms with Gasteiger partial charge in [-0.05, 0) is 39.5 Å². The van der Waals surface area contributed by atoms with Crippen molar-refractivity contribution >= 4 is 5.97 Å². The molecule has 0 aromatic carbocycles. The Kier molecular flexibility index (Phi) is 4.33. The van der Waals surface area contributed by atoms with Crippen LogP contribution in [0.3, 0.4) is 0 Å². The van der Waals surface area contributed by atoms with Gasteiger partial charge in [0.15, 0.2) is 0 Å². The molecule has 1 aliphatic rings.